The first-order valence-electron chi connectivity index (χ1n) is 11.8. The van der Waals surface area contributed by atoms with Gasteiger partial charge in [-0.3, -0.25) is 9.59 Å². The van der Waals surface area contributed by atoms with Gasteiger partial charge in [-0.2, -0.15) is 0 Å². The van der Waals surface area contributed by atoms with Crippen LogP contribution >= 0.6 is 43.2 Å². The van der Waals surface area contributed by atoms with Crippen molar-refractivity contribution in [2.75, 3.05) is 10.6 Å². The monoisotopic (exact) mass is 634 g/mol. The number of carbonyl (C=O) groups excluding carboxylic acids is 2. The van der Waals surface area contributed by atoms with E-state index < -0.39 is 0 Å². The number of anilines is 2. The van der Waals surface area contributed by atoms with Crippen molar-refractivity contribution in [3.8, 4) is 0 Å². The third-order valence-corrected chi connectivity index (χ3v) is 8.79. The number of rotatable bonds is 6. The van der Waals surface area contributed by atoms with Crippen molar-refractivity contribution in [3.05, 3.63) is 81.7 Å². The number of benzene rings is 4. The average Bonchev–Trinajstić information content (AvgIpc) is 3.41. The molecule has 0 aliphatic heterocycles. The zero-order chi connectivity index (χ0) is 25.5. The van der Waals surface area contributed by atoms with Crippen molar-refractivity contribution in [2.45, 2.75) is 19.3 Å². The van der Waals surface area contributed by atoms with Gasteiger partial charge < -0.3 is 15.1 Å². The van der Waals surface area contributed by atoms with E-state index in [0.717, 1.165) is 46.7 Å². The number of halogens is 2. The van der Waals surface area contributed by atoms with Crippen molar-refractivity contribution in [3.63, 3.8) is 0 Å². The van der Waals surface area contributed by atoms with Gasteiger partial charge in [-0.25, -0.2) is 0 Å². The first kappa shape index (κ1) is 24.2. The van der Waals surface area contributed by atoms with Crippen LogP contribution in [0.3, 0.4) is 0 Å². The molecule has 6 rings (SSSR count). The molecule has 0 unspecified atom stereocenters. The molecule has 184 valence electrons. The Balaban J connectivity index is 1.05. The summed E-state index contributed by atoms with van der Waals surface area (Å²) in [6.07, 6.45) is 0.972. The number of fused-ring (bicyclic) bond motifs is 6. The highest BCUT2D eigenvalue weighted by atomic mass is 79.9. The van der Waals surface area contributed by atoms with Crippen LogP contribution in [0.5, 0.6) is 0 Å². The van der Waals surface area contributed by atoms with Gasteiger partial charge in [0.2, 0.25) is 11.8 Å². The SMILES string of the molecule is O=C(CCCC(=O)Nc1ccc2c(c1)sc1c(Br)cc(Br)cc12)Nc1ccc2c(c1)oc1ccccc12. The van der Waals surface area contributed by atoms with E-state index in [1.807, 2.05) is 66.7 Å². The average molecular weight is 636 g/mol. The lowest BCUT2D eigenvalue weighted by Gasteiger charge is -2.07. The van der Waals surface area contributed by atoms with Gasteiger partial charge in [0.25, 0.3) is 0 Å². The van der Waals surface area contributed by atoms with E-state index in [1.165, 1.54) is 10.1 Å². The van der Waals surface area contributed by atoms with Gasteiger partial charge in [-0.1, -0.05) is 40.2 Å². The molecule has 0 fully saturated rings. The Morgan fingerprint density at radius 2 is 1.41 bits per heavy atom. The normalized spacial score (nSPS) is 11.5. The highest BCUT2D eigenvalue weighted by molar-refractivity contribution is 9.11. The number of hydrogen-bond acceptors (Lipinski definition) is 4. The Bertz CT molecular complexity index is 1840. The zero-order valence-corrected chi connectivity index (χ0v) is 23.4. The van der Waals surface area contributed by atoms with Crippen molar-refractivity contribution in [1.29, 1.82) is 0 Å². The fraction of sp³-hybridized carbons (Fsp3) is 0.103. The summed E-state index contributed by atoms with van der Waals surface area (Å²) in [5.74, 6) is -0.243. The van der Waals surface area contributed by atoms with Crippen molar-refractivity contribution < 1.29 is 14.0 Å². The molecule has 8 heteroatoms. The van der Waals surface area contributed by atoms with Gasteiger partial charge in [0.15, 0.2) is 0 Å². The molecule has 0 radical (unpaired) electrons. The number of furan rings is 1. The first-order chi connectivity index (χ1) is 17.9. The van der Waals surface area contributed by atoms with Crippen molar-refractivity contribution >= 4 is 108 Å². The second kappa shape index (κ2) is 9.93. The topological polar surface area (TPSA) is 71.3 Å². The zero-order valence-electron chi connectivity index (χ0n) is 19.4. The molecule has 2 amide bonds. The van der Waals surface area contributed by atoms with Gasteiger partial charge in [0.05, 0.1) is 0 Å². The van der Waals surface area contributed by atoms with Crippen molar-refractivity contribution in [2.24, 2.45) is 0 Å². The third kappa shape index (κ3) is 4.89. The minimum absolute atomic E-state index is 0.110. The van der Waals surface area contributed by atoms with Gasteiger partial charge in [0, 0.05) is 70.2 Å². The molecule has 37 heavy (non-hydrogen) atoms. The van der Waals surface area contributed by atoms with E-state index in [1.54, 1.807) is 11.3 Å². The lowest BCUT2D eigenvalue weighted by molar-refractivity contribution is -0.117. The summed E-state index contributed by atoms with van der Waals surface area (Å²) in [5.41, 5.74) is 2.98. The molecule has 2 N–H and O–H groups in total. The second-order valence-corrected chi connectivity index (χ2v) is 11.7. The smallest absolute Gasteiger partial charge is 0.224 e. The van der Waals surface area contributed by atoms with Crippen LogP contribution in [0.4, 0.5) is 11.4 Å². The summed E-state index contributed by atoms with van der Waals surface area (Å²) in [6, 6.07) is 23.6. The first-order valence-corrected chi connectivity index (χ1v) is 14.2. The van der Waals surface area contributed by atoms with Gasteiger partial charge in [0.1, 0.15) is 11.2 Å². The number of amides is 2. The molecule has 5 nitrogen and oxygen atoms in total. The summed E-state index contributed by atoms with van der Waals surface area (Å²) < 4.78 is 10.2. The van der Waals surface area contributed by atoms with Gasteiger partial charge >= 0.3 is 0 Å². The maximum Gasteiger partial charge on any atom is 0.224 e. The quantitative estimate of drug-likeness (QED) is 0.192. The molecule has 0 saturated carbocycles. The van der Waals surface area contributed by atoms with Crippen molar-refractivity contribution in [1.82, 2.24) is 0 Å². The highest BCUT2D eigenvalue weighted by Gasteiger charge is 2.12. The van der Waals surface area contributed by atoms with Crippen LogP contribution in [0, 0.1) is 0 Å². The summed E-state index contributed by atoms with van der Waals surface area (Å²) in [6.45, 7) is 0. The molecular formula is C29H20Br2N2O3S. The molecule has 6 aromatic rings. The molecule has 2 aromatic heterocycles. The lowest BCUT2D eigenvalue weighted by Crippen LogP contribution is -2.14. The summed E-state index contributed by atoms with van der Waals surface area (Å²) >= 11 is 8.87. The standard InChI is InChI=1S/C29H20Br2N2O3S/c30-16-12-22-21-11-9-18(15-26(21)37-29(22)23(31)13-16)33-28(35)7-3-6-27(34)32-17-8-10-20-19-4-1-2-5-24(19)36-25(20)14-17/h1-2,4-5,8-15H,3,6-7H2,(H,32,34)(H,33,35). The molecule has 4 aromatic carbocycles. The minimum atomic E-state index is -0.133. The molecule has 0 aliphatic rings. The number of carbonyl (C=O) groups is 2. The Kier molecular flexibility index (Phi) is 6.48. The third-order valence-electron chi connectivity index (χ3n) is 6.25. The summed E-state index contributed by atoms with van der Waals surface area (Å²) in [4.78, 5) is 25.0. The predicted molar refractivity (Wildman–Crippen MR) is 160 cm³/mol. The van der Waals surface area contributed by atoms with Crippen LogP contribution in [-0.4, -0.2) is 11.8 Å². The number of hydrogen-bond donors (Lipinski definition) is 2. The maximum atomic E-state index is 12.5. The number of thiophene rings is 1. The fourth-order valence-corrected chi connectivity index (χ4v) is 7.14. The Morgan fingerprint density at radius 3 is 2.19 bits per heavy atom. The van der Waals surface area contributed by atoms with E-state index >= 15 is 0 Å². The molecular weight excluding hydrogens is 616 g/mol. The van der Waals surface area contributed by atoms with E-state index in [9.17, 15) is 9.59 Å². The largest absolute Gasteiger partial charge is 0.456 e. The summed E-state index contributed by atoms with van der Waals surface area (Å²) in [5, 5.41) is 10.3. The van der Waals surface area contributed by atoms with Crippen LogP contribution < -0.4 is 10.6 Å². The Labute approximate surface area is 233 Å². The fourth-order valence-electron chi connectivity index (χ4n) is 4.54. The van der Waals surface area contributed by atoms with E-state index in [2.05, 4.69) is 48.6 Å². The Morgan fingerprint density at radius 1 is 0.730 bits per heavy atom. The van der Waals surface area contributed by atoms with E-state index in [-0.39, 0.29) is 24.7 Å². The summed E-state index contributed by atoms with van der Waals surface area (Å²) in [7, 11) is 0. The van der Waals surface area contributed by atoms with E-state index in [0.29, 0.717) is 12.1 Å². The van der Waals surface area contributed by atoms with Gasteiger partial charge in [-0.15, -0.1) is 11.3 Å². The second-order valence-electron chi connectivity index (χ2n) is 8.84. The van der Waals surface area contributed by atoms with Crippen LogP contribution in [-0.2, 0) is 9.59 Å². The number of nitrogens with one attached hydrogen (secondary N) is 2. The van der Waals surface area contributed by atoms with Crippen LogP contribution in [0.15, 0.2) is 86.2 Å². The molecule has 0 spiro atoms. The lowest BCUT2D eigenvalue weighted by atomic mass is 10.1. The van der Waals surface area contributed by atoms with Crippen LogP contribution in [0.25, 0.3) is 42.1 Å². The molecule has 0 bridgehead atoms. The molecule has 0 aliphatic carbocycles. The van der Waals surface area contributed by atoms with E-state index in [4.69, 9.17) is 4.42 Å². The highest BCUT2D eigenvalue weighted by Crippen LogP contribution is 2.41. The van der Waals surface area contributed by atoms with Crippen LogP contribution in [0.1, 0.15) is 19.3 Å². The number of para-hydroxylation sites is 1. The Hall–Kier alpha value is -3.20. The minimum Gasteiger partial charge on any atom is -0.456 e. The molecule has 0 saturated heterocycles. The van der Waals surface area contributed by atoms with Crippen LogP contribution in [0.2, 0.25) is 0 Å². The maximum absolute atomic E-state index is 12.5. The van der Waals surface area contributed by atoms with Gasteiger partial charge in [-0.05, 0) is 64.8 Å². The predicted octanol–water partition coefficient (Wildman–Crippen LogP) is 9.23. The molecule has 2 heterocycles. The molecule has 0 atom stereocenters.